The van der Waals surface area contributed by atoms with Crippen LogP contribution in [0, 0.1) is 18.8 Å². The zero-order chi connectivity index (χ0) is 58.3. The molecule has 0 atom stereocenters. The Morgan fingerprint density at radius 2 is 1.05 bits per heavy atom. The van der Waals surface area contributed by atoms with E-state index in [9.17, 15) is 0 Å². The molecule has 0 amide bonds. The van der Waals surface area contributed by atoms with Crippen molar-refractivity contribution in [1.29, 1.82) is 0 Å². The predicted octanol–water partition coefficient (Wildman–Crippen LogP) is 17.7. The van der Waals surface area contributed by atoms with E-state index < -0.39 is 19.2 Å². The van der Waals surface area contributed by atoms with Gasteiger partial charge in [0.05, 0.1) is 0 Å². The molecule has 14 aromatic rings. The van der Waals surface area contributed by atoms with Gasteiger partial charge in [0, 0.05) is 39.9 Å². The molecule has 420 valence electrons. The SMILES string of the molecule is [2H]C(C)(C)c1ccnc(-n2c3[c-]c(Oc4[c-]c(N5[CH-]n6c7c(-c8cc(C(C)(C)C)c[c]([Ge]([c]9ccccc9)([c]9ccccc9)[c]9ccccc9)c8)cccc7c7ccccc7c7ccccc7c7cccc5c76)ccc4)ccc3c3ccccc32)c1.[Pt]. The van der Waals surface area contributed by atoms with Gasteiger partial charge < -0.3 is 4.57 Å². The van der Waals surface area contributed by atoms with Crippen molar-refractivity contribution in [3.8, 4) is 28.4 Å². The molecule has 1 aliphatic rings. The van der Waals surface area contributed by atoms with Crippen LogP contribution < -0.4 is 27.2 Å². The fourth-order valence-electron chi connectivity index (χ4n) is 13.2. The molecule has 0 spiro atoms. The van der Waals surface area contributed by atoms with Crippen LogP contribution in [0.15, 0.2) is 267 Å². The van der Waals surface area contributed by atoms with E-state index in [1.165, 1.54) is 39.5 Å². The van der Waals surface area contributed by atoms with Gasteiger partial charge in [-0.05, 0) is 35.0 Å². The molecule has 0 aliphatic carbocycles. The molecule has 0 fully saturated rings. The monoisotopic (exact) mass is 1350 g/mol. The second-order valence-corrected chi connectivity index (χ2v) is 31.6. The number of ether oxygens (including phenoxy) is 1. The van der Waals surface area contributed by atoms with Gasteiger partial charge in [-0.15, -0.1) is 17.5 Å². The summed E-state index contributed by atoms with van der Waals surface area (Å²) in [4.78, 5) is 7.12. The van der Waals surface area contributed by atoms with Gasteiger partial charge in [0.1, 0.15) is 5.82 Å². The number of anilines is 2. The summed E-state index contributed by atoms with van der Waals surface area (Å²) in [6.45, 7) is 13.1. The molecular formula is C79H61GeN4OPt-3. The normalized spacial score (nSPS) is 12.6. The van der Waals surface area contributed by atoms with Crippen molar-refractivity contribution in [2.45, 2.75) is 45.9 Å². The molecular weight excluding hydrogens is 1290 g/mol. The number of benzene rings is 11. The van der Waals surface area contributed by atoms with E-state index in [0.717, 1.165) is 82.7 Å². The summed E-state index contributed by atoms with van der Waals surface area (Å²) in [5.41, 5.74) is 10.1. The van der Waals surface area contributed by atoms with Crippen LogP contribution in [0.5, 0.6) is 11.5 Å². The van der Waals surface area contributed by atoms with Gasteiger partial charge in [-0.3, -0.25) is 0 Å². The minimum absolute atomic E-state index is 0. The van der Waals surface area contributed by atoms with Gasteiger partial charge in [-0.2, -0.15) is 6.07 Å². The van der Waals surface area contributed by atoms with E-state index in [2.05, 4.69) is 278 Å². The molecule has 0 saturated carbocycles. The molecule has 5 nitrogen and oxygen atoms in total. The van der Waals surface area contributed by atoms with Crippen molar-refractivity contribution in [3.05, 3.63) is 297 Å². The summed E-state index contributed by atoms with van der Waals surface area (Å²) in [6.07, 6.45) is 1.79. The van der Waals surface area contributed by atoms with Crippen LogP contribution in [0.3, 0.4) is 0 Å². The van der Waals surface area contributed by atoms with Crippen molar-refractivity contribution in [2.24, 2.45) is 0 Å². The summed E-state index contributed by atoms with van der Waals surface area (Å²) in [7, 11) is 0. The number of para-hydroxylation sites is 3. The molecule has 0 radical (unpaired) electrons. The van der Waals surface area contributed by atoms with Crippen LogP contribution in [0.2, 0.25) is 0 Å². The van der Waals surface area contributed by atoms with Crippen LogP contribution >= 0.6 is 0 Å². The third-order valence-electron chi connectivity index (χ3n) is 17.3. The average molecular weight is 1350 g/mol. The molecule has 11 aromatic carbocycles. The van der Waals surface area contributed by atoms with Crippen LogP contribution in [-0.4, -0.2) is 27.4 Å². The smallest absolute Gasteiger partial charge is 0.159 e. The quantitative estimate of drug-likeness (QED) is 0.101. The van der Waals surface area contributed by atoms with Crippen LogP contribution in [0.1, 0.15) is 53.0 Å². The maximum atomic E-state index is 8.85. The molecule has 3 aromatic heterocycles. The van der Waals surface area contributed by atoms with Crippen LogP contribution in [-0.2, 0) is 26.5 Å². The van der Waals surface area contributed by atoms with Gasteiger partial charge in [0.25, 0.3) is 0 Å². The van der Waals surface area contributed by atoms with Crippen LogP contribution in [0.4, 0.5) is 11.4 Å². The van der Waals surface area contributed by atoms with Crippen molar-refractivity contribution in [3.63, 3.8) is 0 Å². The first-order valence-electron chi connectivity index (χ1n) is 29.8. The van der Waals surface area contributed by atoms with Gasteiger partial charge >= 0.3 is 373 Å². The van der Waals surface area contributed by atoms with E-state index in [0.29, 0.717) is 11.5 Å². The summed E-state index contributed by atoms with van der Waals surface area (Å²) in [6, 6.07) is 103. The first kappa shape index (κ1) is 53.6. The van der Waals surface area contributed by atoms with Crippen molar-refractivity contribution in [1.82, 2.24) is 14.1 Å². The molecule has 0 unspecified atom stereocenters. The summed E-state index contributed by atoms with van der Waals surface area (Å²) in [5.74, 6) is 1.03. The number of aromatic nitrogens is 3. The third kappa shape index (κ3) is 9.19. The zero-order valence-corrected chi connectivity index (χ0v) is 52.9. The van der Waals surface area contributed by atoms with Crippen molar-refractivity contribution < 1.29 is 27.2 Å². The van der Waals surface area contributed by atoms with E-state index in [1.54, 1.807) is 6.20 Å². The van der Waals surface area contributed by atoms with Gasteiger partial charge in [-0.25, -0.2) is 4.98 Å². The van der Waals surface area contributed by atoms with E-state index in [1.807, 2.05) is 50.2 Å². The van der Waals surface area contributed by atoms with E-state index in [-0.39, 0.29) is 26.5 Å². The molecule has 4 heterocycles. The summed E-state index contributed by atoms with van der Waals surface area (Å²) >= 11 is -3.82. The Balaban J connectivity index is 0.00000667. The summed E-state index contributed by atoms with van der Waals surface area (Å²) < 4.78 is 25.8. The first-order valence-corrected chi connectivity index (χ1v) is 33.5. The van der Waals surface area contributed by atoms with Gasteiger partial charge in [0.2, 0.25) is 0 Å². The van der Waals surface area contributed by atoms with E-state index >= 15 is 0 Å². The number of nitrogens with zero attached hydrogens (tertiary/aromatic N) is 4. The second kappa shape index (κ2) is 22.1. The van der Waals surface area contributed by atoms with Crippen molar-refractivity contribution in [2.75, 3.05) is 4.90 Å². The average Bonchev–Trinajstić information content (AvgIpc) is 1.86. The first-order chi connectivity index (χ1) is 41.9. The Labute approximate surface area is 521 Å². The Bertz CT molecular complexity index is 4950. The number of fused-ring (bicyclic) bond motifs is 10. The minimum Gasteiger partial charge on any atom is -0.159 e. The second-order valence-electron chi connectivity index (χ2n) is 23.6. The molecule has 7 heteroatoms. The van der Waals surface area contributed by atoms with Crippen LogP contribution in [0.25, 0.3) is 82.1 Å². The Morgan fingerprint density at radius 3 is 1.67 bits per heavy atom. The molecule has 0 saturated heterocycles. The molecule has 1 aliphatic heterocycles. The van der Waals surface area contributed by atoms with Gasteiger partial charge in [0.15, 0.2) is 0 Å². The topological polar surface area (TPSA) is 35.2 Å². The molecule has 0 bridgehead atoms. The van der Waals surface area contributed by atoms with Crippen molar-refractivity contribution >= 4 is 107 Å². The zero-order valence-electron chi connectivity index (χ0n) is 49.5. The van der Waals surface area contributed by atoms with E-state index in [4.69, 9.17) is 11.1 Å². The molecule has 15 rings (SSSR count). The third-order valence-corrected chi connectivity index (χ3v) is 27.2. The molecule has 86 heavy (non-hydrogen) atoms. The number of hydrogen-bond donors (Lipinski definition) is 0. The number of rotatable bonds is 10. The molecule has 0 N–H and O–H groups in total. The maximum absolute atomic E-state index is 8.85. The Morgan fingerprint density at radius 1 is 0.500 bits per heavy atom. The fraction of sp³-hybridized carbons (Fsp3) is 0.0886. The summed E-state index contributed by atoms with van der Waals surface area (Å²) in [5, 5.41) is 9.05. The number of hydrogen-bond acceptors (Lipinski definition) is 3. The Hall–Kier alpha value is -9.13. The number of pyridine rings is 1. The van der Waals surface area contributed by atoms with Gasteiger partial charge in [-0.1, -0.05) is 37.6 Å². The predicted molar refractivity (Wildman–Crippen MR) is 359 cm³/mol. The fourth-order valence-corrected chi connectivity index (χ4v) is 23.3. The Kier molecular flexibility index (Phi) is 13.7. The standard InChI is InChI=1S/C79H61GeN4O.Pt/c1-53(2)54-44-45-81-76(48-54)84-73-40-20-19-36-69(73)70-43-42-63(51-75(70)84)85-62-31-21-30-61(50-62)82-52-83-77-64(37-22-38-71(77)67-34-17-15-32-65(67)66-33-16-18-35-68(66)72-39-23-41-74(82)78(72)83)55-46-56(79(3,4)5)49-60(47-55)80(57-24-9-6-10-25-57,58-26-11-7-12-27-58)59-28-13-8-14-29-59;/h6-49,52-53H,1-5H3;/q-3;/i53D;. The minimum atomic E-state index is -3.82.